The summed E-state index contributed by atoms with van der Waals surface area (Å²) in [7, 11) is 1.63. The van der Waals surface area contributed by atoms with Gasteiger partial charge in [0.15, 0.2) is 0 Å². The van der Waals surface area contributed by atoms with Crippen LogP contribution in [-0.4, -0.2) is 53.5 Å². The Kier molecular flexibility index (Phi) is 6.23. The first kappa shape index (κ1) is 20.3. The molecule has 2 heterocycles. The number of hydrogen-bond donors (Lipinski definition) is 0. The van der Waals surface area contributed by atoms with E-state index in [0.717, 1.165) is 40.9 Å². The molecule has 1 aliphatic heterocycles. The maximum absolute atomic E-state index is 13.0. The van der Waals surface area contributed by atoms with Crippen LogP contribution in [0.2, 0.25) is 0 Å². The summed E-state index contributed by atoms with van der Waals surface area (Å²) in [6.07, 6.45) is 0.974. The monoisotopic (exact) mass is 426 g/mol. The first-order valence-corrected chi connectivity index (χ1v) is 10.6. The van der Waals surface area contributed by atoms with Gasteiger partial charge >= 0.3 is 0 Å². The lowest BCUT2D eigenvalue weighted by molar-refractivity contribution is -0.130. The van der Waals surface area contributed by atoms with Gasteiger partial charge in [-0.3, -0.25) is 4.79 Å². The molecular formula is C22H23FN4O2S. The fourth-order valence-corrected chi connectivity index (χ4v) is 4.14. The molecule has 0 bridgehead atoms. The standard InChI is InChI=1S/C22H23FN4O2S/c1-29-19-8-4-17(5-9-19)15-21(28)26-10-12-27(13-11-26)22-24-20(25-30-22)14-16-2-6-18(23)7-3-16/h2-9H,10-15H2,1H3. The third kappa shape index (κ3) is 4.94. The number of anilines is 1. The lowest BCUT2D eigenvalue weighted by Gasteiger charge is -2.34. The predicted molar refractivity (Wildman–Crippen MR) is 115 cm³/mol. The number of halogens is 1. The number of carbonyl (C=O) groups excluding carboxylic acids is 1. The Morgan fingerprint density at radius 2 is 1.70 bits per heavy atom. The number of rotatable bonds is 6. The van der Waals surface area contributed by atoms with Gasteiger partial charge in [-0.25, -0.2) is 9.37 Å². The minimum Gasteiger partial charge on any atom is -0.497 e. The second kappa shape index (κ2) is 9.21. The molecular weight excluding hydrogens is 403 g/mol. The average Bonchev–Trinajstić information content (AvgIpc) is 3.24. The molecule has 1 saturated heterocycles. The van der Waals surface area contributed by atoms with Crippen LogP contribution in [0.4, 0.5) is 9.52 Å². The number of ether oxygens (including phenoxy) is 1. The summed E-state index contributed by atoms with van der Waals surface area (Å²) in [5.74, 6) is 1.41. The van der Waals surface area contributed by atoms with Crippen molar-refractivity contribution in [1.82, 2.24) is 14.3 Å². The minimum absolute atomic E-state index is 0.133. The Morgan fingerprint density at radius 3 is 2.37 bits per heavy atom. The van der Waals surface area contributed by atoms with E-state index in [1.165, 1.54) is 23.7 Å². The highest BCUT2D eigenvalue weighted by atomic mass is 32.1. The third-order valence-corrected chi connectivity index (χ3v) is 5.96. The van der Waals surface area contributed by atoms with Crippen LogP contribution in [0.1, 0.15) is 17.0 Å². The highest BCUT2D eigenvalue weighted by Crippen LogP contribution is 2.21. The van der Waals surface area contributed by atoms with Crippen molar-refractivity contribution in [2.24, 2.45) is 0 Å². The molecule has 1 fully saturated rings. The van der Waals surface area contributed by atoms with Gasteiger partial charge in [0.25, 0.3) is 0 Å². The number of amides is 1. The first-order chi connectivity index (χ1) is 14.6. The SMILES string of the molecule is COc1ccc(CC(=O)N2CCN(c3nc(Cc4ccc(F)cc4)ns3)CC2)cc1. The quantitative estimate of drug-likeness (QED) is 0.606. The smallest absolute Gasteiger partial charge is 0.227 e. The largest absolute Gasteiger partial charge is 0.497 e. The van der Waals surface area contributed by atoms with Crippen LogP contribution in [0.5, 0.6) is 5.75 Å². The molecule has 1 amide bonds. The van der Waals surface area contributed by atoms with Crippen LogP contribution in [0.15, 0.2) is 48.5 Å². The maximum Gasteiger partial charge on any atom is 0.227 e. The molecule has 0 aliphatic carbocycles. The Balaban J connectivity index is 1.29. The second-order valence-electron chi connectivity index (χ2n) is 7.19. The van der Waals surface area contributed by atoms with E-state index in [0.29, 0.717) is 25.9 Å². The number of nitrogens with zero attached hydrogens (tertiary/aromatic N) is 4. The zero-order valence-corrected chi connectivity index (χ0v) is 17.6. The van der Waals surface area contributed by atoms with Crippen molar-refractivity contribution in [2.45, 2.75) is 12.8 Å². The molecule has 0 radical (unpaired) electrons. The molecule has 2 aromatic carbocycles. The Morgan fingerprint density at radius 1 is 1.03 bits per heavy atom. The topological polar surface area (TPSA) is 58.6 Å². The highest BCUT2D eigenvalue weighted by Gasteiger charge is 2.23. The van der Waals surface area contributed by atoms with E-state index < -0.39 is 0 Å². The number of aromatic nitrogens is 2. The molecule has 0 N–H and O–H groups in total. The van der Waals surface area contributed by atoms with Crippen LogP contribution in [-0.2, 0) is 17.6 Å². The fourth-order valence-electron chi connectivity index (χ4n) is 3.41. The molecule has 0 saturated carbocycles. The molecule has 0 spiro atoms. The normalized spacial score (nSPS) is 14.1. The second-order valence-corrected chi connectivity index (χ2v) is 7.92. The van der Waals surface area contributed by atoms with Crippen LogP contribution >= 0.6 is 11.5 Å². The van der Waals surface area contributed by atoms with Crippen LogP contribution < -0.4 is 9.64 Å². The number of benzene rings is 2. The van der Waals surface area contributed by atoms with Gasteiger partial charge in [-0.1, -0.05) is 24.3 Å². The van der Waals surface area contributed by atoms with Crippen molar-refractivity contribution in [2.75, 3.05) is 38.2 Å². The Hall–Kier alpha value is -3.00. The van der Waals surface area contributed by atoms with Crippen molar-refractivity contribution in [3.05, 3.63) is 71.3 Å². The van der Waals surface area contributed by atoms with Crippen LogP contribution in [0.3, 0.4) is 0 Å². The van der Waals surface area contributed by atoms with Gasteiger partial charge in [-0.2, -0.15) is 4.37 Å². The van der Waals surface area contributed by atoms with Crippen molar-refractivity contribution < 1.29 is 13.9 Å². The van der Waals surface area contributed by atoms with Gasteiger partial charge in [-0.05, 0) is 35.4 Å². The van der Waals surface area contributed by atoms with Crippen LogP contribution in [0.25, 0.3) is 0 Å². The molecule has 8 heteroatoms. The maximum atomic E-state index is 13.0. The number of hydrogen-bond acceptors (Lipinski definition) is 6. The molecule has 0 unspecified atom stereocenters. The van der Waals surface area contributed by atoms with E-state index in [-0.39, 0.29) is 11.7 Å². The Labute approximate surface area is 179 Å². The van der Waals surface area contributed by atoms with E-state index >= 15 is 0 Å². The molecule has 6 nitrogen and oxygen atoms in total. The van der Waals surface area contributed by atoms with Crippen molar-refractivity contribution >= 4 is 22.6 Å². The average molecular weight is 427 g/mol. The van der Waals surface area contributed by atoms with E-state index in [9.17, 15) is 9.18 Å². The lowest BCUT2D eigenvalue weighted by Crippen LogP contribution is -2.49. The highest BCUT2D eigenvalue weighted by molar-refractivity contribution is 7.09. The van der Waals surface area contributed by atoms with Crippen molar-refractivity contribution in [3.63, 3.8) is 0 Å². The zero-order chi connectivity index (χ0) is 20.9. The molecule has 30 heavy (non-hydrogen) atoms. The number of piperazine rings is 1. The summed E-state index contributed by atoms with van der Waals surface area (Å²) in [4.78, 5) is 21.3. The molecule has 0 atom stereocenters. The summed E-state index contributed by atoms with van der Waals surface area (Å²) in [5.41, 5.74) is 1.97. The van der Waals surface area contributed by atoms with Crippen LogP contribution in [0, 0.1) is 5.82 Å². The molecule has 3 aromatic rings. The fraction of sp³-hybridized carbons (Fsp3) is 0.318. The molecule has 1 aromatic heterocycles. The summed E-state index contributed by atoms with van der Waals surface area (Å²) in [6, 6.07) is 14.0. The number of methoxy groups -OCH3 is 1. The minimum atomic E-state index is -0.245. The van der Waals surface area contributed by atoms with Crippen molar-refractivity contribution in [3.8, 4) is 5.75 Å². The van der Waals surface area contributed by atoms with Gasteiger partial charge in [0.05, 0.1) is 13.5 Å². The summed E-state index contributed by atoms with van der Waals surface area (Å²) >= 11 is 1.37. The lowest BCUT2D eigenvalue weighted by atomic mass is 10.1. The summed E-state index contributed by atoms with van der Waals surface area (Å²) < 4.78 is 22.6. The van der Waals surface area contributed by atoms with Crippen molar-refractivity contribution in [1.29, 1.82) is 0 Å². The Bertz CT molecular complexity index is 983. The number of carbonyl (C=O) groups is 1. The summed E-state index contributed by atoms with van der Waals surface area (Å²) in [6.45, 7) is 2.81. The predicted octanol–water partition coefficient (Wildman–Crippen LogP) is 3.17. The zero-order valence-electron chi connectivity index (χ0n) is 16.8. The van der Waals surface area contributed by atoms with Gasteiger partial charge in [0, 0.05) is 44.1 Å². The summed E-state index contributed by atoms with van der Waals surface area (Å²) in [5, 5.41) is 0.870. The van der Waals surface area contributed by atoms with Gasteiger partial charge in [0.2, 0.25) is 11.0 Å². The molecule has 1 aliphatic rings. The van der Waals surface area contributed by atoms with Gasteiger partial charge in [0.1, 0.15) is 17.4 Å². The van der Waals surface area contributed by atoms with E-state index in [4.69, 9.17) is 4.74 Å². The third-order valence-electron chi connectivity index (χ3n) is 5.15. The van der Waals surface area contributed by atoms with E-state index in [2.05, 4.69) is 14.3 Å². The molecule has 156 valence electrons. The molecule has 4 rings (SSSR count). The van der Waals surface area contributed by atoms with E-state index in [1.807, 2.05) is 29.2 Å². The van der Waals surface area contributed by atoms with Gasteiger partial charge < -0.3 is 14.5 Å². The van der Waals surface area contributed by atoms with Gasteiger partial charge in [-0.15, -0.1) is 0 Å². The van der Waals surface area contributed by atoms with E-state index in [1.54, 1.807) is 19.2 Å². The first-order valence-electron chi connectivity index (χ1n) is 9.83.